The summed E-state index contributed by atoms with van der Waals surface area (Å²) >= 11 is 0. The molecule has 4 heteroatoms. The van der Waals surface area contributed by atoms with Crippen LogP contribution in [-0.2, 0) is 6.42 Å². The fourth-order valence-electron chi connectivity index (χ4n) is 2.01. The van der Waals surface area contributed by atoms with Gasteiger partial charge >= 0.3 is 0 Å². The van der Waals surface area contributed by atoms with E-state index in [9.17, 15) is 0 Å². The Kier molecular flexibility index (Phi) is 4.36. The highest BCUT2D eigenvalue weighted by Gasteiger charge is 2.13. The first-order chi connectivity index (χ1) is 9.24. The number of nitrogens with zero attached hydrogens (tertiary/aromatic N) is 1. The molecule has 0 bridgehead atoms. The van der Waals surface area contributed by atoms with E-state index in [4.69, 9.17) is 15.2 Å². The minimum absolute atomic E-state index is 0.122. The molecule has 2 N–H and O–H groups in total. The number of nitrogens with two attached hydrogens (primary N) is 1. The third-order valence-electron chi connectivity index (χ3n) is 3.05. The van der Waals surface area contributed by atoms with Gasteiger partial charge in [0.25, 0.3) is 0 Å². The number of pyridine rings is 1. The van der Waals surface area contributed by atoms with Gasteiger partial charge in [-0.1, -0.05) is 6.07 Å². The molecule has 4 nitrogen and oxygen atoms in total. The standard InChI is InChI=1S/C15H18N2O2/c1-18-12-3-4-13(15(10-12)19-2)14(16)9-11-5-7-17-8-6-11/h3-8,10,14H,9,16H2,1-2H3. The third kappa shape index (κ3) is 3.23. The second-order valence-electron chi connectivity index (χ2n) is 4.27. The van der Waals surface area contributed by atoms with E-state index < -0.39 is 0 Å². The molecule has 0 spiro atoms. The largest absolute Gasteiger partial charge is 0.497 e. The van der Waals surface area contributed by atoms with Crippen LogP contribution >= 0.6 is 0 Å². The summed E-state index contributed by atoms with van der Waals surface area (Å²) in [5, 5.41) is 0. The van der Waals surface area contributed by atoms with Crippen molar-refractivity contribution < 1.29 is 9.47 Å². The second kappa shape index (κ2) is 6.20. The second-order valence-corrected chi connectivity index (χ2v) is 4.27. The predicted molar refractivity (Wildman–Crippen MR) is 74.4 cm³/mol. The maximum Gasteiger partial charge on any atom is 0.127 e. The first-order valence-electron chi connectivity index (χ1n) is 6.11. The van der Waals surface area contributed by atoms with Crippen LogP contribution in [0.3, 0.4) is 0 Å². The van der Waals surface area contributed by atoms with Gasteiger partial charge in [0.2, 0.25) is 0 Å². The molecule has 0 aliphatic rings. The van der Waals surface area contributed by atoms with E-state index >= 15 is 0 Å². The molecule has 0 saturated carbocycles. The summed E-state index contributed by atoms with van der Waals surface area (Å²) in [6.45, 7) is 0. The maximum absolute atomic E-state index is 6.25. The zero-order chi connectivity index (χ0) is 13.7. The Morgan fingerprint density at radius 2 is 1.84 bits per heavy atom. The van der Waals surface area contributed by atoms with Crippen LogP contribution in [0.4, 0.5) is 0 Å². The normalized spacial score (nSPS) is 11.9. The molecule has 2 rings (SSSR count). The Bertz CT molecular complexity index is 529. The van der Waals surface area contributed by atoms with Gasteiger partial charge in [-0.05, 0) is 30.2 Å². The molecule has 0 amide bonds. The van der Waals surface area contributed by atoms with Crippen molar-refractivity contribution in [1.82, 2.24) is 4.98 Å². The Morgan fingerprint density at radius 1 is 1.11 bits per heavy atom. The van der Waals surface area contributed by atoms with Crippen LogP contribution < -0.4 is 15.2 Å². The van der Waals surface area contributed by atoms with Crippen molar-refractivity contribution in [2.45, 2.75) is 12.5 Å². The van der Waals surface area contributed by atoms with Crippen LogP contribution in [0.2, 0.25) is 0 Å². The Hall–Kier alpha value is -2.07. The lowest BCUT2D eigenvalue weighted by Crippen LogP contribution is -2.14. The minimum Gasteiger partial charge on any atom is -0.497 e. The topological polar surface area (TPSA) is 57.4 Å². The number of hydrogen-bond acceptors (Lipinski definition) is 4. The summed E-state index contributed by atoms with van der Waals surface area (Å²) in [6.07, 6.45) is 4.28. The van der Waals surface area contributed by atoms with Crippen molar-refractivity contribution in [2.75, 3.05) is 14.2 Å². The average molecular weight is 258 g/mol. The smallest absolute Gasteiger partial charge is 0.127 e. The van der Waals surface area contributed by atoms with Crippen molar-refractivity contribution in [3.63, 3.8) is 0 Å². The van der Waals surface area contributed by atoms with Crippen molar-refractivity contribution >= 4 is 0 Å². The van der Waals surface area contributed by atoms with E-state index in [1.807, 2.05) is 30.3 Å². The van der Waals surface area contributed by atoms with Gasteiger partial charge in [-0.15, -0.1) is 0 Å². The summed E-state index contributed by atoms with van der Waals surface area (Å²) in [7, 11) is 3.27. The van der Waals surface area contributed by atoms with E-state index in [0.717, 1.165) is 29.0 Å². The van der Waals surface area contributed by atoms with Gasteiger partial charge in [0, 0.05) is 30.1 Å². The Morgan fingerprint density at radius 3 is 2.47 bits per heavy atom. The van der Waals surface area contributed by atoms with E-state index in [1.165, 1.54) is 0 Å². The molecule has 0 aliphatic heterocycles. The van der Waals surface area contributed by atoms with Gasteiger partial charge in [0.15, 0.2) is 0 Å². The van der Waals surface area contributed by atoms with Gasteiger partial charge < -0.3 is 15.2 Å². The molecule has 100 valence electrons. The first kappa shape index (κ1) is 13.4. The molecule has 0 radical (unpaired) electrons. The number of hydrogen-bond donors (Lipinski definition) is 1. The fourth-order valence-corrected chi connectivity index (χ4v) is 2.01. The van der Waals surface area contributed by atoms with Crippen LogP contribution in [-0.4, -0.2) is 19.2 Å². The SMILES string of the molecule is COc1ccc(C(N)Cc2ccncc2)c(OC)c1. The lowest BCUT2D eigenvalue weighted by molar-refractivity contribution is 0.388. The number of aromatic nitrogens is 1. The molecular formula is C15H18N2O2. The van der Waals surface area contributed by atoms with Crippen molar-refractivity contribution in [2.24, 2.45) is 5.73 Å². The molecule has 1 atom stereocenters. The number of methoxy groups -OCH3 is 2. The van der Waals surface area contributed by atoms with Crippen molar-refractivity contribution in [3.8, 4) is 11.5 Å². The van der Waals surface area contributed by atoms with E-state index in [0.29, 0.717) is 0 Å². The molecule has 1 heterocycles. The minimum atomic E-state index is -0.122. The molecule has 1 unspecified atom stereocenters. The van der Waals surface area contributed by atoms with Gasteiger partial charge in [0.05, 0.1) is 14.2 Å². The molecule has 0 aliphatic carbocycles. The molecule has 1 aromatic carbocycles. The zero-order valence-electron chi connectivity index (χ0n) is 11.2. The lowest BCUT2D eigenvalue weighted by Gasteiger charge is -2.16. The molecule has 0 fully saturated rings. The average Bonchev–Trinajstić information content (AvgIpc) is 2.47. The summed E-state index contributed by atoms with van der Waals surface area (Å²) in [5.74, 6) is 1.51. The first-order valence-corrected chi connectivity index (χ1v) is 6.11. The summed E-state index contributed by atoms with van der Waals surface area (Å²) in [4.78, 5) is 4.00. The highest BCUT2D eigenvalue weighted by atomic mass is 16.5. The van der Waals surface area contributed by atoms with Crippen LogP contribution in [0.15, 0.2) is 42.7 Å². The van der Waals surface area contributed by atoms with Gasteiger partial charge in [-0.2, -0.15) is 0 Å². The highest BCUT2D eigenvalue weighted by Crippen LogP contribution is 2.29. The number of ether oxygens (including phenoxy) is 2. The third-order valence-corrected chi connectivity index (χ3v) is 3.05. The van der Waals surface area contributed by atoms with E-state index in [1.54, 1.807) is 26.6 Å². The van der Waals surface area contributed by atoms with Crippen LogP contribution in [0.25, 0.3) is 0 Å². The van der Waals surface area contributed by atoms with E-state index in [-0.39, 0.29) is 6.04 Å². The zero-order valence-corrected chi connectivity index (χ0v) is 11.2. The van der Waals surface area contributed by atoms with Gasteiger partial charge in [-0.3, -0.25) is 4.98 Å². The Balaban J connectivity index is 2.21. The van der Waals surface area contributed by atoms with Gasteiger partial charge in [0.1, 0.15) is 11.5 Å². The summed E-state index contributed by atoms with van der Waals surface area (Å²) in [6, 6.07) is 9.50. The van der Waals surface area contributed by atoms with Crippen LogP contribution in [0.5, 0.6) is 11.5 Å². The van der Waals surface area contributed by atoms with Crippen LogP contribution in [0, 0.1) is 0 Å². The van der Waals surface area contributed by atoms with Crippen LogP contribution in [0.1, 0.15) is 17.2 Å². The predicted octanol–water partition coefficient (Wildman–Crippen LogP) is 2.34. The van der Waals surface area contributed by atoms with Gasteiger partial charge in [-0.25, -0.2) is 0 Å². The molecule has 2 aromatic rings. The fraction of sp³-hybridized carbons (Fsp3) is 0.267. The molecule has 19 heavy (non-hydrogen) atoms. The van der Waals surface area contributed by atoms with E-state index in [2.05, 4.69) is 4.98 Å². The highest BCUT2D eigenvalue weighted by molar-refractivity contribution is 5.42. The molecule has 0 saturated heterocycles. The van der Waals surface area contributed by atoms with Crippen molar-refractivity contribution in [3.05, 3.63) is 53.9 Å². The maximum atomic E-state index is 6.25. The van der Waals surface area contributed by atoms with Crippen molar-refractivity contribution in [1.29, 1.82) is 0 Å². The molecular weight excluding hydrogens is 240 g/mol. The number of benzene rings is 1. The summed E-state index contributed by atoms with van der Waals surface area (Å²) in [5.41, 5.74) is 8.38. The lowest BCUT2D eigenvalue weighted by atomic mass is 9.99. The monoisotopic (exact) mass is 258 g/mol. The number of rotatable bonds is 5. The molecule has 1 aromatic heterocycles. The summed E-state index contributed by atoms with van der Waals surface area (Å²) < 4.78 is 10.6. The Labute approximate surface area is 113 Å². The quantitative estimate of drug-likeness (QED) is 0.894.